The van der Waals surface area contributed by atoms with Crippen molar-refractivity contribution in [1.82, 2.24) is 5.32 Å². The molecule has 1 aromatic rings. The number of benzene rings is 1. The highest BCUT2D eigenvalue weighted by Gasteiger charge is 2.47. The molecule has 0 amide bonds. The van der Waals surface area contributed by atoms with Gasteiger partial charge in [-0.05, 0) is 33.6 Å². The summed E-state index contributed by atoms with van der Waals surface area (Å²) >= 11 is 3.31. The van der Waals surface area contributed by atoms with Gasteiger partial charge >= 0.3 is 0 Å². The van der Waals surface area contributed by atoms with Crippen molar-refractivity contribution in [2.75, 3.05) is 5.73 Å². The fraction of sp³-hybridized carbons (Fsp3) is 0.500. The van der Waals surface area contributed by atoms with E-state index in [4.69, 9.17) is 5.73 Å². The number of nitrogens with one attached hydrogen (secondary N) is 1. The summed E-state index contributed by atoms with van der Waals surface area (Å²) in [7, 11) is 0. The molecule has 0 spiro atoms. The molecule has 0 bridgehead atoms. The van der Waals surface area contributed by atoms with Crippen LogP contribution in [0.4, 0.5) is 5.69 Å². The number of anilines is 1. The van der Waals surface area contributed by atoms with Gasteiger partial charge in [0.2, 0.25) is 0 Å². The van der Waals surface area contributed by atoms with Crippen molar-refractivity contribution in [2.45, 2.75) is 37.0 Å². The Balaban J connectivity index is 2.00. The molecule has 1 aromatic carbocycles. The predicted molar refractivity (Wildman–Crippen MR) is 73.2 cm³/mol. The van der Waals surface area contributed by atoms with Crippen LogP contribution in [0.5, 0.6) is 0 Å². The first-order chi connectivity index (χ1) is 8.91. The van der Waals surface area contributed by atoms with Gasteiger partial charge in [-0.2, -0.15) is 0 Å². The molecular weight excluding hydrogens is 316 g/mol. The zero-order valence-corrected chi connectivity index (χ0v) is 11.7. The Bertz CT molecular complexity index is 445. The summed E-state index contributed by atoms with van der Waals surface area (Å²) < 4.78 is 0.763. The minimum absolute atomic E-state index is 0.372. The van der Waals surface area contributed by atoms with Crippen LogP contribution in [-0.4, -0.2) is 50.9 Å². The highest BCUT2D eigenvalue weighted by Crippen LogP contribution is 2.23. The summed E-state index contributed by atoms with van der Waals surface area (Å²) in [6.07, 6.45) is -5.10. The fourth-order valence-corrected chi connectivity index (χ4v) is 2.61. The van der Waals surface area contributed by atoms with Crippen LogP contribution in [-0.2, 0) is 6.54 Å². The lowest BCUT2D eigenvalue weighted by Crippen LogP contribution is -2.44. The van der Waals surface area contributed by atoms with E-state index in [9.17, 15) is 20.4 Å². The second kappa shape index (κ2) is 5.74. The van der Waals surface area contributed by atoms with E-state index in [1.54, 1.807) is 6.07 Å². The average Bonchev–Trinajstić information content (AvgIpc) is 2.56. The van der Waals surface area contributed by atoms with E-state index in [0.717, 1.165) is 10.0 Å². The van der Waals surface area contributed by atoms with E-state index in [1.165, 1.54) is 0 Å². The first kappa shape index (κ1) is 14.7. The van der Waals surface area contributed by atoms with E-state index in [1.807, 2.05) is 12.1 Å². The van der Waals surface area contributed by atoms with Crippen LogP contribution in [0.2, 0.25) is 0 Å². The summed E-state index contributed by atoms with van der Waals surface area (Å²) in [6.45, 7) is 0.372. The van der Waals surface area contributed by atoms with E-state index < -0.39 is 30.5 Å². The molecule has 19 heavy (non-hydrogen) atoms. The molecule has 0 radical (unpaired) electrons. The van der Waals surface area contributed by atoms with E-state index in [0.29, 0.717) is 12.2 Å². The predicted octanol–water partition coefficient (Wildman–Crippen LogP) is -1.05. The van der Waals surface area contributed by atoms with Gasteiger partial charge in [0.05, 0.1) is 6.04 Å². The molecule has 6 nitrogen and oxygen atoms in total. The molecule has 0 saturated heterocycles. The smallest absolute Gasteiger partial charge is 0.110 e. The number of nitrogen functional groups attached to an aromatic ring is 1. The number of halogens is 1. The maximum atomic E-state index is 9.71. The van der Waals surface area contributed by atoms with Gasteiger partial charge in [-0.1, -0.05) is 6.07 Å². The van der Waals surface area contributed by atoms with Crippen molar-refractivity contribution >= 4 is 21.6 Å². The van der Waals surface area contributed by atoms with Gasteiger partial charge < -0.3 is 31.5 Å². The number of hydrogen-bond acceptors (Lipinski definition) is 6. The molecular formula is C12H17BrN2O4. The lowest BCUT2D eigenvalue weighted by atomic mass is 10.1. The summed E-state index contributed by atoms with van der Waals surface area (Å²) in [5.74, 6) is 0. The standard InChI is InChI=1S/C12H17BrN2O4/c13-6-3-5(1-2-7(6)14)4-15-8-9(16)11(18)12(19)10(8)17/h1-3,8-12,15-19H,4,14H2/t8?,9-,10+,11-,12+. The Kier molecular flexibility index (Phi) is 4.44. The Hall–Kier alpha value is -0.700. The van der Waals surface area contributed by atoms with Crippen LogP contribution in [0.3, 0.4) is 0 Å². The summed E-state index contributed by atoms with van der Waals surface area (Å²) in [6, 6.07) is 4.60. The molecule has 1 unspecified atom stereocenters. The molecule has 1 aliphatic rings. The molecule has 7 heteroatoms. The molecule has 0 aromatic heterocycles. The second-order valence-electron chi connectivity index (χ2n) is 4.72. The van der Waals surface area contributed by atoms with Crippen LogP contribution in [0.1, 0.15) is 5.56 Å². The maximum absolute atomic E-state index is 9.71. The molecule has 1 saturated carbocycles. The lowest BCUT2D eigenvalue weighted by Gasteiger charge is -2.20. The molecule has 2 rings (SSSR count). The normalized spacial score (nSPS) is 34.7. The average molecular weight is 333 g/mol. The molecule has 5 atom stereocenters. The number of nitrogens with two attached hydrogens (primary N) is 1. The quantitative estimate of drug-likeness (QED) is 0.393. The monoisotopic (exact) mass is 332 g/mol. The highest BCUT2D eigenvalue weighted by molar-refractivity contribution is 9.10. The van der Waals surface area contributed by atoms with Crippen LogP contribution in [0.25, 0.3) is 0 Å². The van der Waals surface area contributed by atoms with Crippen molar-refractivity contribution < 1.29 is 20.4 Å². The van der Waals surface area contributed by atoms with E-state index >= 15 is 0 Å². The van der Waals surface area contributed by atoms with Crippen molar-refractivity contribution in [3.8, 4) is 0 Å². The van der Waals surface area contributed by atoms with Crippen LogP contribution >= 0.6 is 15.9 Å². The zero-order chi connectivity index (χ0) is 14.2. The molecule has 1 fully saturated rings. The summed E-state index contributed by atoms with van der Waals surface area (Å²) in [4.78, 5) is 0. The minimum Gasteiger partial charge on any atom is -0.398 e. The zero-order valence-electron chi connectivity index (χ0n) is 10.1. The molecule has 7 N–H and O–H groups in total. The lowest BCUT2D eigenvalue weighted by molar-refractivity contribution is -0.0413. The van der Waals surface area contributed by atoms with Gasteiger partial charge in [-0.15, -0.1) is 0 Å². The number of aliphatic hydroxyl groups is 4. The van der Waals surface area contributed by atoms with Crippen molar-refractivity contribution in [3.05, 3.63) is 28.2 Å². The molecule has 0 aliphatic heterocycles. The van der Waals surface area contributed by atoms with Gasteiger partial charge in [-0.3, -0.25) is 0 Å². The fourth-order valence-electron chi connectivity index (χ4n) is 2.19. The van der Waals surface area contributed by atoms with E-state index in [2.05, 4.69) is 21.2 Å². The van der Waals surface area contributed by atoms with Crippen molar-refractivity contribution in [2.24, 2.45) is 0 Å². The summed E-state index contributed by atoms with van der Waals surface area (Å²) in [5, 5.41) is 41.3. The maximum Gasteiger partial charge on any atom is 0.110 e. The molecule has 0 heterocycles. The van der Waals surface area contributed by atoms with Crippen LogP contribution in [0, 0.1) is 0 Å². The third kappa shape index (κ3) is 2.91. The van der Waals surface area contributed by atoms with Gasteiger partial charge in [0.25, 0.3) is 0 Å². The van der Waals surface area contributed by atoms with Crippen LogP contribution < -0.4 is 11.1 Å². The first-order valence-corrected chi connectivity index (χ1v) is 6.70. The SMILES string of the molecule is Nc1ccc(CNC2[C@@H](O)[C@@H](O)[C@@H](O)[C@H]2O)cc1Br. The number of aliphatic hydroxyl groups excluding tert-OH is 4. The molecule has 1 aliphatic carbocycles. The van der Waals surface area contributed by atoms with E-state index in [-0.39, 0.29) is 0 Å². The number of hydrogen-bond donors (Lipinski definition) is 6. The van der Waals surface area contributed by atoms with Gasteiger partial charge in [0.15, 0.2) is 0 Å². The number of rotatable bonds is 3. The van der Waals surface area contributed by atoms with Crippen molar-refractivity contribution in [3.63, 3.8) is 0 Å². The Labute approximate surface area is 119 Å². The Morgan fingerprint density at radius 3 is 2.16 bits per heavy atom. The third-order valence-electron chi connectivity index (χ3n) is 3.39. The van der Waals surface area contributed by atoms with Gasteiger partial charge in [0, 0.05) is 16.7 Å². The largest absolute Gasteiger partial charge is 0.398 e. The molecule has 106 valence electrons. The van der Waals surface area contributed by atoms with Crippen molar-refractivity contribution in [1.29, 1.82) is 0 Å². The third-order valence-corrected chi connectivity index (χ3v) is 4.08. The van der Waals surface area contributed by atoms with Crippen LogP contribution in [0.15, 0.2) is 22.7 Å². The Morgan fingerprint density at radius 2 is 1.63 bits per heavy atom. The first-order valence-electron chi connectivity index (χ1n) is 5.91. The topological polar surface area (TPSA) is 119 Å². The summed E-state index contributed by atoms with van der Waals surface area (Å²) in [5.41, 5.74) is 7.19. The van der Waals surface area contributed by atoms with Gasteiger partial charge in [-0.25, -0.2) is 0 Å². The Morgan fingerprint density at radius 1 is 1.05 bits per heavy atom. The highest BCUT2D eigenvalue weighted by atomic mass is 79.9. The second-order valence-corrected chi connectivity index (χ2v) is 5.58. The minimum atomic E-state index is -1.34. The van der Waals surface area contributed by atoms with Gasteiger partial charge in [0.1, 0.15) is 24.4 Å².